The van der Waals surface area contributed by atoms with E-state index in [0.717, 1.165) is 0 Å². The second kappa shape index (κ2) is 24.3. The number of halogens is 2. The van der Waals surface area contributed by atoms with Crippen molar-refractivity contribution in [1.82, 2.24) is 6.15 Å². The highest BCUT2D eigenvalue weighted by Gasteiger charge is 2.34. The lowest BCUT2D eigenvalue weighted by Gasteiger charge is -2.28. The van der Waals surface area contributed by atoms with Gasteiger partial charge in [-0.05, 0) is 37.8 Å². The Kier molecular flexibility index (Phi) is 31.4. The summed E-state index contributed by atoms with van der Waals surface area (Å²) in [6.07, 6.45) is 20.1. The Morgan fingerprint density at radius 2 is 1.22 bits per heavy atom. The Labute approximate surface area is 190 Å². The summed E-state index contributed by atoms with van der Waals surface area (Å²) in [6.45, 7) is 9.42. The third-order valence-electron chi connectivity index (χ3n) is 4.60. The zero-order chi connectivity index (χ0) is 18.1. The Balaban J connectivity index is -0.000000224. The van der Waals surface area contributed by atoms with Gasteiger partial charge in [0.2, 0.25) is 0 Å². The second-order valence-corrected chi connectivity index (χ2v) is 11.3. The molecule has 0 aromatic carbocycles. The molecule has 0 saturated carbocycles. The molecule has 1 heterocycles. The van der Waals surface area contributed by atoms with Crippen LogP contribution in [-0.4, -0.2) is 30.9 Å². The molecule has 1 rings (SSSR count). The van der Waals surface area contributed by atoms with Gasteiger partial charge in [-0.1, -0.05) is 53.4 Å². The highest BCUT2D eigenvalue weighted by atomic mass is 79.9. The molecule has 0 saturated heterocycles. The zero-order valence-electron chi connectivity index (χ0n) is 18.1. The molecule has 1 aromatic rings. The lowest BCUT2D eigenvalue weighted by atomic mass is 10.4. The zero-order valence-corrected chi connectivity index (χ0v) is 22.2. The average Bonchev–Trinajstić information content (AvgIpc) is 3.15. The number of hydrogen-bond donors (Lipinski definition) is 1. The third-order valence-corrected chi connectivity index (χ3v) is 9.66. The van der Waals surface area contributed by atoms with Gasteiger partial charge in [0.1, 0.15) is 0 Å². The molecule has 0 aliphatic carbocycles. The van der Waals surface area contributed by atoms with Gasteiger partial charge in [0.25, 0.3) is 0 Å². The number of unbranched alkanes of at least 4 members (excludes halogenated alkanes) is 4. The summed E-state index contributed by atoms with van der Waals surface area (Å²) in [5.74, 6) is 0.375. The number of hydrogen-bond acceptors (Lipinski definition) is 3. The fourth-order valence-corrected chi connectivity index (χ4v) is 8.29. The monoisotopic (exact) mass is 531 g/mol. The molecule has 0 spiro atoms. The van der Waals surface area contributed by atoms with Crippen LogP contribution in [0.15, 0.2) is 22.8 Å². The minimum atomic E-state index is -0.562. The van der Waals surface area contributed by atoms with E-state index in [1.165, 1.54) is 57.6 Å². The van der Waals surface area contributed by atoms with Gasteiger partial charge in [0.15, 0.2) is 12.0 Å². The Hall–Kier alpha value is 0.300. The Bertz CT molecular complexity index is 352. The van der Waals surface area contributed by atoms with Gasteiger partial charge < -0.3 is 27.5 Å². The normalized spacial score (nSPS) is 9.78. The van der Waals surface area contributed by atoms with Gasteiger partial charge in [-0.15, -0.1) is 17.0 Å². The first-order valence-corrected chi connectivity index (χ1v) is 12.5. The molecule has 0 aliphatic rings. The van der Waals surface area contributed by atoms with Crippen LogP contribution in [0.2, 0.25) is 0 Å². The van der Waals surface area contributed by atoms with Gasteiger partial charge in [0, 0.05) is 7.26 Å². The molecular formula is C21H44Br2NO2P. The molecule has 0 bridgehead atoms. The Morgan fingerprint density at radius 3 is 1.41 bits per heavy atom. The van der Waals surface area contributed by atoms with Gasteiger partial charge >= 0.3 is 0 Å². The van der Waals surface area contributed by atoms with Gasteiger partial charge in [0.05, 0.1) is 30.9 Å². The van der Waals surface area contributed by atoms with Crippen molar-refractivity contribution in [2.45, 2.75) is 79.1 Å². The van der Waals surface area contributed by atoms with Crippen molar-refractivity contribution in [2.75, 3.05) is 24.6 Å². The van der Waals surface area contributed by atoms with Crippen molar-refractivity contribution in [2.24, 2.45) is 0 Å². The molecule has 0 aliphatic heterocycles. The molecule has 3 N–H and O–H groups in total. The van der Waals surface area contributed by atoms with E-state index in [9.17, 15) is 4.79 Å². The van der Waals surface area contributed by atoms with Crippen LogP contribution < -0.4 is 23.1 Å². The highest BCUT2D eigenvalue weighted by Crippen LogP contribution is 2.61. The van der Waals surface area contributed by atoms with E-state index in [1.807, 2.05) is 0 Å². The summed E-state index contributed by atoms with van der Waals surface area (Å²) in [4.78, 5) is 9.77. The molecule has 0 radical (unpaired) electrons. The fraction of sp³-hybridized carbons (Fsp3) is 0.762. The minimum Gasteiger partial charge on any atom is -1.00 e. The molecule has 1 aromatic heterocycles. The standard InChI is InChI=1S/C16H36P.C5H4O2.2BrH.H3N/c1-5-9-13-17(14-10-6-2,15-11-7-3)16-12-8-4;6-4-5-2-1-3-7-5;;;/h5-16H2,1-4H3;1-4H;2*1H;1H3/q+1;;;;/p-1. The van der Waals surface area contributed by atoms with Crippen LogP contribution in [0.4, 0.5) is 0 Å². The molecule has 0 fully saturated rings. The summed E-state index contributed by atoms with van der Waals surface area (Å²) in [6, 6.07) is 3.27. The first-order chi connectivity index (χ1) is 11.7. The largest absolute Gasteiger partial charge is 1.00 e. The number of furan rings is 1. The highest BCUT2D eigenvalue weighted by molar-refractivity contribution is 8.93. The van der Waals surface area contributed by atoms with E-state index in [-0.39, 0.29) is 40.1 Å². The van der Waals surface area contributed by atoms with Crippen LogP contribution in [-0.2, 0) is 0 Å². The maximum Gasteiger partial charge on any atom is 0.185 e. The van der Waals surface area contributed by atoms with Crippen molar-refractivity contribution < 1.29 is 26.2 Å². The number of rotatable bonds is 13. The van der Waals surface area contributed by atoms with Crippen molar-refractivity contribution in [3.8, 4) is 0 Å². The molecule has 27 heavy (non-hydrogen) atoms. The molecular weight excluding hydrogens is 489 g/mol. The van der Waals surface area contributed by atoms with Gasteiger partial charge in [-0.2, -0.15) is 0 Å². The maximum atomic E-state index is 9.77. The maximum absolute atomic E-state index is 9.77. The molecule has 6 heteroatoms. The Morgan fingerprint density at radius 1 is 0.852 bits per heavy atom. The lowest BCUT2D eigenvalue weighted by Crippen LogP contribution is -3.00. The van der Waals surface area contributed by atoms with Crippen LogP contribution in [0.5, 0.6) is 0 Å². The first kappa shape index (κ1) is 34.8. The van der Waals surface area contributed by atoms with Crippen molar-refractivity contribution in [1.29, 1.82) is 0 Å². The van der Waals surface area contributed by atoms with Crippen LogP contribution in [0.25, 0.3) is 0 Å². The summed E-state index contributed by atoms with van der Waals surface area (Å²) < 4.78 is 4.61. The predicted octanol–water partition coefficient (Wildman–Crippen LogP) is 5.04. The van der Waals surface area contributed by atoms with Gasteiger partial charge in [-0.25, -0.2) is 0 Å². The second-order valence-electron chi connectivity index (χ2n) is 6.78. The van der Waals surface area contributed by atoms with Crippen LogP contribution in [0.3, 0.4) is 0 Å². The summed E-state index contributed by atoms with van der Waals surface area (Å²) in [7, 11) is -0.562. The van der Waals surface area contributed by atoms with Crippen molar-refractivity contribution in [3.63, 3.8) is 0 Å². The SMILES string of the molecule is Br.CCCC[P+](CCCC)(CCCC)CCCC.N.O=Cc1ccco1.[Br-]. The van der Waals surface area contributed by atoms with E-state index in [4.69, 9.17) is 0 Å². The molecule has 0 atom stereocenters. The van der Waals surface area contributed by atoms with Crippen molar-refractivity contribution in [3.05, 3.63) is 24.2 Å². The summed E-state index contributed by atoms with van der Waals surface area (Å²) >= 11 is 0. The lowest BCUT2D eigenvalue weighted by molar-refractivity contribution is -0.0000125. The van der Waals surface area contributed by atoms with E-state index in [0.29, 0.717) is 12.0 Å². The smallest absolute Gasteiger partial charge is 0.185 e. The third kappa shape index (κ3) is 18.1. The molecule has 164 valence electrons. The minimum absolute atomic E-state index is 0. The van der Waals surface area contributed by atoms with Crippen LogP contribution >= 0.6 is 24.2 Å². The summed E-state index contributed by atoms with van der Waals surface area (Å²) in [5.41, 5.74) is 0. The number of carbonyl (C=O) groups excluding carboxylic acids is 1. The number of carbonyl (C=O) groups is 1. The molecule has 0 unspecified atom stereocenters. The van der Waals surface area contributed by atoms with Crippen LogP contribution in [0.1, 0.15) is 89.6 Å². The predicted molar refractivity (Wildman–Crippen MR) is 125 cm³/mol. The molecule has 3 nitrogen and oxygen atoms in total. The topological polar surface area (TPSA) is 65.2 Å². The summed E-state index contributed by atoms with van der Waals surface area (Å²) in [5, 5.41) is 0. The van der Waals surface area contributed by atoms with E-state index < -0.39 is 7.26 Å². The first-order valence-electron chi connectivity index (χ1n) is 10.0. The van der Waals surface area contributed by atoms with Crippen molar-refractivity contribution >= 4 is 30.5 Å². The quantitative estimate of drug-likeness (QED) is 0.286. The van der Waals surface area contributed by atoms with Crippen LogP contribution in [0, 0.1) is 0 Å². The number of aldehydes is 1. The molecule has 0 amide bonds. The fourth-order valence-electron chi connectivity index (χ4n) is 3.00. The van der Waals surface area contributed by atoms with E-state index in [2.05, 4.69) is 32.1 Å². The van der Waals surface area contributed by atoms with E-state index in [1.54, 1.807) is 36.8 Å². The average molecular weight is 533 g/mol. The van der Waals surface area contributed by atoms with E-state index >= 15 is 0 Å². The van der Waals surface area contributed by atoms with Gasteiger partial charge in [-0.3, -0.25) is 4.79 Å².